The highest BCUT2D eigenvalue weighted by atomic mass is 32.1. The number of nitrogens with one attached hydrogen (secondary N) is 1. The zero-order valence-electron chi connectivity index (χ0n) is 16.8. The number of rotatable bonds is 4. The molecule has 1 N–H and O–H groups in total. The molecule has 3 amide bonds. The number of benzene rings is 2. The first-order valence-corrected chi connectivity index (χ1v) is 10.5. The summed E-state index contributed by atoms with van der Waals surface area (Å²) < 4.78 is 13.7. The fourth-order valence-electron chi connectivity index (χ4n) is 3.66. The van der Waals surface area contributed by atoms with Crippen molar-refractivity contribution >= 4 is 45.1 Å². The summed E-state index contributed by atoms with van der Waals surface area (Å²) in [4.78, 5) is 48.3. The van der Waals surface area contributed by atoms with Crippen LogP contribution in [0.3, 0.4) is 0 Å². The average molecular weight is 446 g/mol. The average Bonchev–Trinajstić information content (AvgIpc) is 3.31. The van der Waals surface area contributed by atoms with Crippen LogP contribution in [-0.2, 0) is 6.54 Å². The highest BCUT2D eigenvalue weighted by Crippen LogP contribution is 2.28. The van der Waals surface area contributed by atoms with Gasteiger partial charge in [-0.25, -0.2) is 9.37 Å². The number of thiazole rings is 1. The molecular weight excluding hydrogens is 431 g/mol. The Morgan fingerprint density at radius 1 is 1.09 bits per heavy atom. The molecule has 7 nitrogen and oxygen atoms in total. The van der Waals surface area contributed by atoms with Crippen LogP contribution in [0.15, 0.2) is 54.7 Å². The summed E-state index contributed by atoms with van der Waals surface area (Å²) in [6, 6.07) is 12.3. The molecule has 4 aromatic rings. The Bertz CT molecular complexity index is 1400. The molecule has 5 rings (SSSR count). The Hall–Kier alpha value is -3.98. The number of nitrogens with zero attached hydrogens (tertiary/aromatic N) is 3. The Kier molecular flexibility index (Phi) is 4.75. The molecule has 0 bridgehead atoms. The lowest BCUT2D eigenvalue weighted by atomic mass is 10.1. The van der Waals surface area contributed by atoms with Gasteiger partial charge in [0.15, 0.2) is 5.13 Å². The molecule has 0 radical (unpaired) electrons. The first kappa shape index (κ1) is 20.0. The number of carbonyl (C=O) groups is 3. The van der Waals surface area contributed by atoms with Crippen molar-refractivity contribution in [1.29, 1.82) is 0 Å². The van der Waals surface area contributed by atoms with E-state index in [9.17, 15) is 18.8 Å². The summed E-state index contributed by atoms with van der Waals surface area (Å²) in [5, 5.41) is 3.42. The standard InChI is InChI=1S/C23H15FN4O3S/c1-12-8-18(17-9-13(24)6-7-19(17)26-12)20(29)27-23-25-10-14(32-23)11-28-21(30)15-4-2-3-5-16(15)22(28)31/h2-10H,11H2,1H3,(H,25,27,29). The predicted octanol–water partition coefficient (Wildman–Crippen LogP) is 4.19. The van der Waals surface area contributed by atoms with Gasteiger partial charge in [0.2, 0.25) is 0 Å². The van der Waals surface area contributed by atoms with Gasteiger partial charge in [0.1, 0.15) is 5.82 Å². The van der Waals surface area contributed by atoms with Crippen LogP contribution < -0.4 is 5.32 Å². The number of hydrogen-bond acceptors (Lipinski definition) is 6. The molecule has 1 aliphatic rings. The molecule has 0 unspecified atom stereocenters. The largest absolute Gasteiger partial charge is 0.298 e. The molecule has 0 saturated heterocycles. The van der Waals surface area contributed by atoms with Gasteiger partial charge in [0, 0.05) is 22.2 Å². The van der Waals surface area contributed by atoms with Crippen molar-refractivity contribution in [3.63, 3.8) is 0 Å². The fraction of sp³-hybridized carbons (Fsp3) is 0.0870. The molecule has 1 aliphatic heterocycles. The molecule has 0 fully saturated rings. The molecule has 0 spiro atoms. The SMILES string of the molecule is Cc1cc(C(=O)Nc2ncc(CN3C(=O)c4ccccc4C3=O)s2)c2cc(F)ccc2n1. The van der Waals surface area contributed by atoms with Crippen LogP contribution in [0.4, 0.5) is 9.52 Å². The second-order valence-electron chi connectivity index (χ2n) is 7.30. The minimum Gasteiger partial charge on any atom is -0.298 e. The molecule has 2 aromatic heterocycles. The second kappa shape index (κ2) is 7.61. The van der Waals surface area contributed by atoms with Crippen LogP contribution in [0.25, 0.3) is 10.9 Å². The second-order valence-corrected chi connectivity index (χ2v) is 8.42. The number of halogens is 1. The molecular formula is C23H15FN4O3S. The third kappa shape index (κ3) is 3.42. The number of anilines is 1. The van der Waals surface area contributed by atoms with Crippen LogP contribution in [-0.4, -0.2) is 32.6 Å². The van der Waals surface area contributed by atoms with E-state index >= 15 is 0 Å². The minimum absolute atomic E-state index is 0.0579. The van der Waals surface area contributed by atoms with Gasteiger partial charge < -0.3 is 0 Å². The minimum atomic E-state index is -0.463. The maximum Gasteiger partial charge on any atom is 0.261 e. The lowest BCUT2D eigenvalue weighted by Crippen LogP contribution is -2.28. The van der Waals surface area contributed by atoms with E-state index in [-0.39, 0.29) is 23.9 Å². The molecule has 0 atom stereocenters. The number of fused-ring (bicyclic) bond motifs is 2. The van der Waals surface area contributed by atoms with Crippen LogP contribution >= 0.6 is 11.3 Å². The predicted molar refractivity (Wildman–Crippen MR) is 117 cm³/mol. The first-order chi connectivity index (χ1) is 15.4. The van der Waals surface area contributed by atoms with Gasteiger partial charge in [-0.15, -0.1) is 0 Å². The van der Waals surface area contributed by atoms with Crippen molar-refractivity contribution in [1.82, 2.24) is 14.9 Å². The van der Waals surface area contributed by atoms with Crippen LogP contribution in [0, 0.1) is 12.7 Å². The summed E-state index contributed by atoms with van der Waals surface area (Å²) in [6.07, 6.45) is 1.51. The number of pyridine rings is 1. The summed E-state index contributed by atoms with van der Waals surface area (Å²) in [5.41, 5.74) is 2.18. The normalized spacial score (nSPS) is 13.0. The van der Waals surface area contributed by atoms with E-state index in [4.69, 9.17) is 0 Å². The van der Waals surface area contributed by atoms with Gasteiger partial charge in [0.05, 0.1) is 28.8 Å². The number of imide groups is 1. The monoisotopic (exact) mass is 446 g/mol. The Balaban J connectivity index is 1.36. The smallest absolute Gasteiger partial charge is 0.261 e. The van der Waals surface area contributed by atoms with Crippen molar-refractivity contribution in [3.8, 4) is 0 Å². The van der Waals surface area contributed by atoms with Gasteiger partial charge in [-0.1, -0.05) is 23.5 Å². The Morgan fingerprint density at radius 3 is 2.53 bits per heavy atom. The van der Waals surface area contributed by atoms with E-state index < -0.39 is 11.7 Å². The Labute approximate surface area is 185 Å². The number of aromatic nitrogens is 2. The zero-order valence-corrected chi connectivity index (χ0v) is 17.6. The van der Waals surface area contributed by atoms with E-state index in [2.05, 4.69) is 15.3 Å². The third-order valence-electron chi connectivity index (χ3n) is 5.11. The topological polar surface area (TPSA) is 92.3 Å². The van der Waals surface area contributed by atoms with Gasteiger partial charge in [-0.3, -0.25) is 29.6 Å². The summed E-state index contributed by atoms with van der Waals surface area (Å²) >= 11 is 1.16. The number of amides is 3. The summed E-state index contributed by atoms with van der Waals surface area (Å²) in [6.45, 7) is 1.81. The Morgan fingerprint density at radius 2 is 1.81 bits per heavy atom. The molecule has 9 heteroatoms. The fourth-order valence-corrected chi connectivity index (χ4v) is 4.46. The highest BCUT2D eigenvalue weighted by Gasteiger charge is 2.35. The molecule has 32 heavy (non-hydrogen) atoms. The van der Waals surface area contributed by atoms with Crippen LogP contribution in [0.2, 0.25) is 0 Å². The van der Waals surface area contributed by atoms with Crippen molar-refractivity contribution in [2.75, 3.05) is 5.32 Å². The van der Waals surface area contributed by atoms with E-state index in [1.807, 2.05) is 0 Å². The first-order valence-electron chi connectivity index (χ1n) is 9.69. The van der Waals surface area contributed by atoms with Gasteiger partial charge >= 0.3 is 0 Å². The number of carbonyl (C=O) groups excluding carboxylic acids is 3. The van der Waals surface area contributed by atoms with Gasteiger partial charge in [-0.2, -0.15) is 0 Å². The summed E-state index contributed by atoms with van der Waals surface area (Å²) in [5.74, 6) is -1.63. The lowest BCUT2D eigenvalue weighted by Gasteiger charge is -2.11. The molecule has 3 heterocycles. The zero-order chi connectivity index (χ0) is 22.4. The maximum absolute atomic E-state index is 13.7. The van der Waals surface area contributed by atoms with Crippen LogP contribution in [0.5, 0.6) is 0 Å². The molecule has 0 aliphatic carbocycles. The maximum atomic E-state index is 13.7. The molecule has 0 saturated carbocycles. The molecule has 2 aromatic carbocycles. The van der Waals surface area contributed by atoms with E-state index in [0.717, 1.165) is 16.2 Å². The van der Waals surface area contributed by atoms with Crippen molar-refractivity contribution in [2.24, 2.45) is 0 Å². The number of aryl methyl sites for hydroxylation is 1. The highest BCUT2D eigenvalue weighted by molar-refractivity contribution is 7.15. The van der Waals surface area contributed by atoms with Crippen molar-refractivity contribution in [3.05, 3.63) is 87.8 Å². The quantitative estimate of drug-likeness (QED) is 0.475. The van der Waals surface area contributed by atoms with Crippen molar-refractivity contribution < 1.29 is 18.8 Å². The third-order valence-corrected chi connectivity index (χ3v) is 6.01. The van der Waals surface area contributed by atoms with E-state index in [0.29, 0.717) is 37.7 Å². The van der Waals surface area contributed by atoms with E-state index in [1.165, 1.54) is 24.4 Å². The van der Waals surface area contributed by atoms with Crippen LogP contribution in [0.1, 0.15) is 41.6 Å². The summed E-state index contributed by atoms with van der Waals surface area (Å²) in [7, 11) is 0. The molecule has 158 valence electrons. The lowest BCUT2D eigenvalue weighted by molar-refractivity contribution is 0.0643. The van der Waals surface area contributed by atoms with E-state index in [1.54, 1.807) is 37.3 Å². The number of hydrogen-bond donors (Lipinski definition) is 1. The van der Waals surface area contributed by atoms with Crippen molar-refractivity contribution in [2.45, 2.75) is 13.5 Å². The van der Waals surface area contributed by atoms with Gasteiger partial charge in [0.25, 0.3) is 17.7 Å². The van der Waals surface area contributed by atoms with Gasteiger partial charge in [-0.05, 0) is 43.3 Å².